The third kappa shape index (κ3) is 2.74. The van der Waals surface area contributed by atoms with Crippen molar-refractivity contribution in [2.24, 2.45) is 0 Å². The minimum atomic E-state index is 0.511. The quantitative estimate of drug-likeness (QED) is 0.651. The fourth-order valence-corrected chi connectivity index (χ4v) is 2.30. The molecule has 0 amide bonds. The van der Waals surface area contributed by atoms with Gasteiger partial charge in [-0.15, -0.1) is 11.8 Å². The molecule has 0 aromatic heterocycles. The van der Waals surface area contributed by atoms with E-state index in [-0.39, 0.29) is 0 Å². The zero-order valence-corrected chi connectivity index (χ0v) is 11.8. The second-order valence-corrected chi connectivity index (χ2v) is 5.15. The topological polar surface area (TPSA) is 35.2 Å². The fourth-order valence-electron chi connectivity index (χ4n) is 1.62. The molecule has 0 saturated heterocycles. The molecule has 0 aliphatic rings. The van der Waals surface area contributed by atoms with Crippen LogP contribution in [-0.2, 0) is 0 Å². The number of anilines is 1. The van der Waals surface area contributed by atoms with Gasteiger partial charge in [0.15, 0.2) is 0 Å². The van der Waals surface area contributed by atoms with Crippen LogP contribution in [0, 0.1) is 6.92 Å². The Kier molecular flexibility index (Phi) is 4.04. The van der Waals surface area contributed by atoms with Gasteiger partial charge >= 0.3 is 0 Å². The van der Waals surface area contributed by atoms with E-state index in [0.29, 0.717) is 10.7 Å². The lowest BCUT2D eigenvalue weighted by Crippen LogP contribution is -1.93. The summed E-state index contributed by atoms with van der Waals surface area (Å²) in [5.74, 6) is 1.56. The van der Waals surface area contributed by atoms with Crippen LogP contribution in [0.25, 0.3) is 0 Å². The van der Waals surface area contributed by atoms with Crippen LogP contribution in [-0.4, -0.2) is 6.26 Å². The first kappa shape index (κ1) is 13.1. The van der Waals surface area contributed by atoms with Crippen LogP contribution in [0.15, 0.2) is 41.3 Å². The second-order valence-electron chi connectivity index (χ2n) is 3.89. The lowest BCUT2D eigenvalue weighted by molar-refractivity contribution is 0.468. The zero-order valence-electron chi connectivity index (χ0n) is 10.2. The highest BCUT2D eigenvalue weighted by molar-refractivity contribution is 7.98. The highest BCUT2D eigenvalue weighted by Crippen LogP contribution is 2.35. The molecule has 0 aliphatic carbocycles. The van der Waals surface area contributed by atoms with E-state index in [2.05, 4.69) is 0 Å². The molecule has 2 aromatic carbocycles. The van der Waals surface area contributed by atoms with Gasteiger partial charge in [0.05, 0.1) is 10.7 Å². The predicted octanol–water partition coefficient (Wildman–Crippen LogP) is 4.74. The van der Waals surface area contributed by atoms with Crippen molar-refractivity contribution in [2.45, 2.75) is 11.8 Å². The summed E-state index contributed by atoms with van der Waals surface area (Å²) in [5, 5.41) is 0.511. The van der Waals surface area contributed by atoms with Crippen molar-refractivity contribution in [1.82, 2.24) is 0 Å². The number of aryl methyl sites for hydroxylation is 1. The molecule has 18 heavy (non-hydrogen) atoms. The van der Waals surface area contributed by atoms with Gasteiger partial charge in [-0.1, -0.05) is 23.7 Å². The van der Waals surface area contributed by atoms with E-state index >= 15 is 0 Å². The summed E-state index contributed by atoms with van der Waals surface area (Å²) in [6.07, 6.45) is 2.02. The minimum Gasteiger partial charge on any atom is -0.456 e. The molecule has 0 saturated carbocycles. The molecule has 2 aromatic rings. The second kappa shape index (κ2) is 5.55. The fraction of sp³-hybridized carbons (Fsp3) is 0.143. The van der Waals surface area contributed by atoms with Crippen LogP contribution >= 0.6 is 23.4 Å². The lowest BCUT2D eigenvalue weighted by Gasteiger charge is -2.12. The van der Waals surface area contributed by atoms with Crippen molar-refractivity contribution < 1.29 is 4.74 Å². The summed E-state index contributed by atoms with van der Waals surface area (Å²) in [7, 11) is 0. The third-order valence-electron chi connectivity index (χ3n) is 2.58. The maximum absolute atomic E-state index is 6.02. The SMILES string of the molecule is CSc1ccccc1Oc1cc(Cl)c(N)cc1C. The average molecular weight is 280 g/mol. The smallest absolute Gasteiger partial charge is 0.140 e. The number of benzene rings is 2. The van der Waals surface area contributed by atoms with Gasteiger partial charge in [0.1, 0.15) is 11.5 Å². The molecule has 0 spiro atoms. The Balaban J connectivity index is 2.37. The van der Waals surface area contributed by atoms with Crippen molar-refractivity contribution in [3.05, 3.63) is 47.0 Å². The van der Waals surface area contributed by atoms with Crippen molar-refractivity contribution >= 4 is 29.1 Å². The van der Waals surface area contributed by atoms with Gasteiger partial charge in [-0.25, -0.2) is 0 Å². The molecule has 0 atom stereocenters. The molecule has 0 bridgehead atoms. The van der Waals surface area contributed by atoms with Gasteiger partial charge in [-0.2, -0.15) is 0 Å². The number of halogens is 1. The monoisotopic (exact) mass is 279 g/mol. The maximum atomic E-state index is 6.02. The molecule has 0 radical (unpaired) electrons. The summed E-state index contributed by atoms with van der Waals surface area (Å²) in [4.78, 5) is 1.09. The summed E-state index contributed by atoms with van der Waals surface area (Å²) < 4.78 is 5.91. The van der Waals surface area contributed by atoms with Crippen LogP contribution in [0.5, 0.6) is 11.5 Å². The van der Waals surface area contributed by atoms with Gasteiger partial charge < -0.3 is 10.5 Å². The van der Waals surface area contributed by atoms with Crippen molar-refractivity contribution in [2.75, 3.05) is 12.0 Å². The Bertz CT molecular complexity index is 572. The van der Waals surface area contributed by atoms with Crippen molar-refractivity contribution in [3.8, 4) is 11.5 Å². The number of hydrogen-bond donors (Lipinski definition) is 1. The van der Waals surface area contributed by atoms with E-state index in [1.54, 1.807) is 17.8 Å². The summed E-state index contributed by atoms with van der Waals surface area (Å²) in [5.41, 5.74) is 7.28. The molecule has 0 unspecified atom stereocenters. The van der Waals surface area contributed by atoms with E-state index in [4.69, 9.17) is 22.1 Å². The van der Waals surface area contributed by atoms with Crippen LogP contribution in [0.3, 0.4) is 0 Å². The summed E-state index contributed by atoms with van der Waals surface area (Å²) in [6, 6.07) is 11.5. The van der Waals surface area contributed by atoms with Gasteiger partial charge in [-0.3, -0.25) is 0 Å². The van der Waals surface area contributed by atoms with Gasteiger partial charge in [0, 0.05) is 11.0 Å². The maximum Gasteiger partial charge on any atom is 0.140 e. The number of nitrogen functional groups attached to an aromatic ring is 1. The number of thioether (sulfide) groups is 1. The molecule has 0 aliphatic heterocycles. The van der Waals surface area contributed by atoms with E-state index in [9.17, 15) is 0 Å². The molecule has 94 valence electrons. The van der Waals surface area contributed by atoms with E-state index in [0.717, 1.165) is 22.0 Å². The number of para-hydroxylation sites is 1. The Morgan fingerprint density at radius 3 is 2.61 bits per heavy atom. The Morgan fingerprint density at radius 2 is 1.89 bits per heavy atom. The van der Waals surface area contributed by atoms with Crippen LogP contribution in [0.2, 0.25) is 5.02 Å². The summed E-state index contributed by atoms with van der Waals surface area (Å²) in [6.45, 7) is 1.95. The average Bonchev–Trinajstić information content (AvgIpc) is 2.36. The lowest BCUT2D eigenvalue weighted by atomic mass is 10.2. The Hall–Kier alpha value is -1.32. The third-order valence-corrected chi connectivity index (χ3v) is 3.69. The van der Waals surface area contributed by atoms with Crippen LogP contribution in [0.1, 0.15) is 5.56 Å². The van der Waals surface area contributed by atoms with Gasteiger partial charge in [-0.05, 0) is 36.9 Å². The molecule has 2 N–H and O–H groups in total. The predicted molar refractivity (Wildman–Crippen MR) is 78.9 cm³/mol. The van der Waals surface area contributed by atoms with Crippen molar-refractivity contribution in [1.29, 1.82) is 0 Å². The largest absolute Gasteiger partial charge is 0.456 e. The highest BCUT2D eigenvalue weighted by Gasteiger charge is 2.08. The number of nitrogens with two attached hydrogens (primary N) is 1. The molecular formula is C14H14ClNOS. The first-order valence-corrected chi connectivity index (χ1v) is 7.08. The van der Waals surface area contributed by atoms with E-state index in [1.807, 2.05) is 43.5 Å². The Morgan fingerprint density at radius 1 is 1.17 bits per heavy atom. The number of hydrogen-bond acceptors (Lipinski definition) is 3. The molecular weight excluding hydrogens is 266 g/mol. The van der Waals surface area contributed by atoms with E-state index in [1.165, 1.54) is 0 Å². The van der Waals surface area contributed by atoms with Gasteiger partial charge in [0.25, 0.3) is 0 Å². The molecule has 2 nitrogen and oxygen atoms in total. The first-order valence-electron chi connectivity index (χ1n) is 5.48. The van der Waals surface area contributed by atoms with E-state index < -0.39 is 0 Å². The molecule has 2 rings (SSSR count). The summed E-state index contributed by atoms with van der Waals surface area (Å²) >= 11 is 7.66. The van der Waals surface area contributed by atoms with Crippen LogP contribution < -0.4 is 10.5 Å². The number of rotatable bonds is 3. The molecule has 0 fully saturated rings. The normalized spacial score (nSPS) is 10.4. The van der Waals surface area contributed by atoms with Crippen LogP contribution in [0.4, 0.5) is 5.69 Å². The van der Waals surface area contributed by atoms with Crippen molar-refractivity contribution in [3.63, 3.8) is 0 Å². The number of ether oxygens (including phenoxy) is 1. The highest BCUT2D eigenvalue weighted by atomic mass is 35.5. The standard InChI is InChI=1S/C14H14ClNOS/c1-9-7-11(16)10(15)8-13(9)17-12-5-3-4-6-14(12)18-2/h3-8H,16H2,1-2H3. The molecule has 4 heteroatoms. The first-order chi connectivity index (χ1) is 8.61. The minimum absolute atomic E-state index is 0.511. The zero-order chi connectivity index (χ0) is 13.1. The molecule has 0 heterocycles. The Labute approximate surface area is 116 Å². The van der Waals surface area contributed by atoms with Gasteiger partial charge in [0.2, 0.25) is 0 Å².